The Morgan fingerprint density at radius 3 is 1.90 bits per heavy atom. The number of carbonyl (C=O) groups is 2. The van der Waals surface area contributed by atoms with Crippen molar-refractivity contribution in [1.29, 1.82) is 0 Å². The Balaban J connectivity index is 0.000000417. The van der Waals surface area contributed by atoms with Gasteiger partial charge in [0.2, 0.25) is 11.7 Å². The summed E-state index contributed by atoms with van der Waals surface area (Å²) in [5, 5.41) is 50.1. The van der Waals surface area contributed by atoms with Crippen LogP contribution in [0.4, 0.5) is 0 Å². The van der Waals surface area contributed by atoms with Crippen molar-refractivity contribution in [2.45, 2.75) is 58.2 Å². The van der Waals surface area contributed by atoms with Gasteiger partial charge in [0.25, 0.3) is 15.3 Å². The highest BCUT2D eigenvalue weighted by Crippen LogP contribution is 2.30. The van der Waals surface area contributed by atoms with E-state index in [9.17, 15) is 45.0 Å². The predicted molar refractivity (Wildman–Crippen MR) is 167 cm³/mol. The lowest BCUT2D eigenvalue weighted by atomic mass is 9.97. The minimum absolute atomic E-state index is 0.125. The van der Waals surface area contributed by atoms with Crippen molar-refractivity contribution >= 4 is 11.9 Å². The van der Waals surface area contributed by atoms with Crippen LogP contribution >= 0.6 is 0 Å². The Morgan fingerprint density at radius 1 is 0.939 bits per heavy atom. The van der Waals surface area contributed by atoms with Crippen LogP contribution in [0.1, 0.15) is 45.6 Å². The number of nitrogens with zero attached hydrogens (tertiary/aromatic N) is 7. The molecule has 3 rings (SSSR count). The first-order valence-corrected chi connectivity index (χ1v) is 14.7. The number of aromatic amines is 1. The molecular weight excluding hydrogens is 654 g/mol. The Kier molecular flexibility index (Phi) is 15.2. The molecule has 2 aromatic carbocycles. The Bertz CT molecular complexity index is 1490. The minimum Gasteiger partial charge on any atom is -0.480 e. The average molecular weight is 692 g/mol. The average Bonchev–Trinajstić information content (AvgIpc) is 3.60. The van der Waals surface area contributed by atoms with Crippen molar-refractivity contribution in [3.63, 3.8) is 0 Å². The van der Waals surface area contributed by atoms with E-state index in [1.807, 2.05) is 69.3 Å². The molecule has 1 amide bonds. The summed E-state index contributed by atoms with van der Waals surface area (Å²) in [4.78, 5) is 67.6. The molecule has 0 saturated carbocycles. The number of H-pyrrole nitrogens is 1. The van der Waals surface area contributed by atoms with Gasteiger partial charge in [-0.1, -0.05) is 75.7 Å². The number of unbranched alkanes of at least 4 members (excludes halogenated alkanes) is 1. The summed E-state index contributed by atoms with van der Waals surface area (Å²) >= 11 is 0. The smallest absolute Gasteiger partial charge is 0.326 e. The standard InChI is InChI=1S/C24H29N5O3.C4H8N4O9/c1-4-5-10-21(30)29(22(16(2)3)24(31)32)15-17-11-13-18(14-12-17)19-8-6-7-9-20(19)23-25-27-28-26-23;5-4(1-15-6(9)10,2-16-7(11)12)3-17-8(13)14/h6-9,11-14,16,22H,4-5,10,15H2,1-3H3,(H,31,32)(H,25,26,27,28);1-3,5H2/t22-;/m0./s1. The first kappa shape index (κ1) is 39.2. The molecule has 4 N–H and O–H groups in total. The van der Waals surface area contributed by atoms with Crippen LogP contribution in [0.25, 0.3) is 22.5 Å². The van der Waals surface area contributed by atoms with Crippen LogP contribution in [0.2, 0.25) is 0 Å². The lowest BCUT2D eigenvalue weighted by Gasteiger charge is -2.32. The number of carbonyl (C=O) groups excluding carboxylic acids is 1. The lowest BCUT2D eigenvalue weighted by molar-refractivity contribution is -0.778. The molecule has 49 heavy (non-hydrogen) atoms. The number of tetrazole rings is 1. The molecule has 0 bridgehead atoms. The second-order valence-electron chi connectivity index (χ2n) is 11.0. The van der Waals surface area contributed by atoms with E-state index in [0.717, 1.165) is 35.1 Å². The van der Waals surface area contributed by atoms with Crippen molar-refractivity contribution in [3.05, 3.63) is 84.4 Å². The van der Waals surface area contributed by atoms with Gasteiger partial charge in [-0.05, 0) is 34.2 Å². The lowest BCUT2D eigenvalue weighted by Crippen LogP contribution is -2.54. The van der Waals surface area contributed by atoms with Gasteiger partial charge in [-0.3, -0.25) is 4.79 Å². The second kappa shape index (κ2) is 19.0. The zero-order valence-electron chi connectivity index (χ0n) is 26.9. The molecule has 1 aromatic heterocycles. The van der Waals surface area contributed by atoms with E-state index >= 15 is 0 Å². The Labute approximate surface area is 278 Å². The monoisotopic (exact) mass is 691 g/mol. The maximum absolute atomic E-state index is 12.9. The molecule has 3 aromatic rings. The van der Waals surface area contributed by atoms with Crippen LogP contribution in [0, 0.1) is 36.3 Å². The number of carboxylic acid groups (broad SMARTS) is 1. The van der Waals surface area contributed by atoms with Gasteiger partial charge >= 0.3 is 5.97 Å². The highest BCUT2D eigenvalue weighted by atomic mass is 17.0. The van der Waals surface area contributed by atoms with E-state index in [1.165, 1.54) is 4.90 Å². The van der Waals surface area contributed by atoms with Crippen molar-refractivity contribution < 1.29 is 44.5 Å². The summed E-state index contributed by atoms with van der Waals surface area (Å²) in [7, 11) is 0. The maximum Gasteiger partial charge on any atom is 0.326 e. The zero-order chi connectivity index (χ0) is 36.6. The van der Waals surface area contributed by atoms with Gasteiger partial charge in [0.05, 0.1) is 5.54 Å². The number of nitrogens with two attached hydrogens (primary N) is 1. The number of carboxylic acids is 1. The molecule has 266 valence electrons. The van der Waals surface area contributed by atoms with Crippen molar-refractivity contribution in [3.8, 4) is 22.5 Å². The number of rotatable bonds is 19. The van der Waals surface area contributed by atoms with E-state index < -0.39 is 52.6 Å². The van der Waals surface area contributed by atoms with Gasteiger partial charge < -0.3 is 30.3 Å². The molecular formula is C28H37N9O12. The summed E-state index contributed by atoms with van der Waals surface area (Å²) in [6.07, 6.45) is 1.97. The van der Waals surface area contributed by atoms with E-state index in [-0.39, 0.29) is 18.4 Å². The van der Waals surface area contributed by atoms with Crippen LogP contribution in [0.3, 0.4) is 0 Å². The molecule has 0 aliphatic carbocycles. The number of hydrogen-bond acceptors (Lipinski definition) is 15. The minimum atomic E-state index is -1.90. The number of benzene rings is 2. The third-order valence-electron chi connectivity index (χ3n) is 6.79. The summed E-state index contributed by atoms with van der Waals surface area (Å²) in [5.41, 5.74) is 7.12. The number of hydrogen-bond donors (Lipinski definition) is 3. The maximum atomic E-state index is 12.9. The largest absolute Gasteiger partial charge is 0.480 e. The second-order valence-corrected chi connectivity index (χ2v) is 11.0. The molecule has 1 atom stereocenters. The molecule has 0 aliphatic rings. The van der Waals surface area contributed by atoms with Crippen LogP contribution in [-0.4, -0.2) is 89.2 Å². The topological polar surface area (TPSA) is 295 Å². The van der Waals surface area contributed by atoms with Gasteiger partial charge in [0, 0.05) is 18.5 Å². The first-order valence-electron chi connectivity index (χ1n) is 14.7. The highest BCUT2D eigenvalue weighted by molar-refractivity contribution is 5.84. The Morgan fingerprint density at radius 2 is 1.47 bits per heavy atom. The molecule has 0 radical (unpaired) electrons. The summed E-state index contributed by atoms with van der Waals surface area (Å²) < 4.78 is 0. The Hall–Kier alpha value is -5.99. The van der Waals surface area contributed by atoms with Gasteiger partial charge in [-0.15, -0.1) is 40.5 Å². The fourth-order valence-corrected chi connectivity index (χ4v) is 4.45. The predicted octanol–water partition coefficient (Wildman–Crippen LogP) is 2.47. The zero-order valence-corrected chi connectivity index (χ0v) is 26.9. The van der Waals surface area contributed by atoms with Crippen molar-refractivity contribution in [1.82, 2.24) is 25.5 Å². The van der Waals surface area contributed by atoms with Crippen LogP contribution in [0.5, 0.6) is 0 Å². The van der Waals surface area contributed by atoms with Gasteiger partial charge in [0.15, 0.2) is 0 Å². The fraction of sp³-hybridized carbons (Fsp3) is 0.464. The van der Waals surface area contributed by atoms with Gasteiger partial charge in [-0.2, -0.15) is 5.21 Å². The molecule has 0 fully saturated rings. The summed E-state index contributed by atoms with van der Waals surface area (Å²) in [6, 6.07) is 14.7. The SMILES string of the molecule is CCCCC(=O)N(Cc1ccc(-c2ccccc2-c2nn[nH]n2)cc1)[C@H](C(=O)O)C(C)C.NC(CO[N+](=O)[O-])(CO[N+](=O)[O-])CO[N+](=O)[O-]. The van der Waals surface area contributed by atoms with Crippen molar-refractivity contribution in [2.24, 2.45) is 11.7 Å². The molecule has 21 heteroatoms. The molecule has 1 heterocycles. The van der Waals surface area contributed by atoms with Crippen LogP contribution in [0.15, 0.2) is 48.5 Å². The van der Waals surface area contributed by atoms with Crippen LogP contribution in [-0.2, 0) is 30.6 Å². The van der Waals surface area contributed by atoms with E-state index in [0.29, 0.717) is 12.2 Å². The van der Waals surface area contributed by atoms with E-state index in [2.05, 4.69) is 35.1 Å². The number of aliphatic carboxylic acids is 1. The normalized spacial score (nSPS) is 11.4. The van der Waals surface area contributed by atoms with Gasteiger partial charge in [0.1, 0.15) is 25.9 Å². The number of aromatic nitrogens is 4. The summed E-state index contributed by atoms with van der Waals surface area (Å²) in [5.74, 6) is -0.784. The molecule has 21 nitrogen and oxygen atoms in total. The first-order chi connectivity index (χ1) is 23.2. The van der Waals surface area contributed by atoms with Crippen LogP contribution < -0.4 is 5.73 Å². The third kappa shape index (κ3) is 13.0. The molecule has 0 unspecified atom stereocenters. The highest BCUT2D eigenvalue weighted by Gasteiger charge is 2.32. The number of amides is 1. The molecule has 0 saturated heterocycles. The summed E-state index contributed by atoms with van der Waals surface area (Å²) in [6.45, 7) is 3.35. The molecule has 0 aliphatic heterocycles. The quantitative estimate of drug-likeness (QED) is 0.120. The fourth-order valence-electron chi connectivity index (χ4n) is 4.45. The third-order valence-corrected chi connectivity index (χ3v) is 6.79. The number of nitrogens with one attached hydrogen (secondary N) is 1. The van der Waals surface area contributed by atoms with Crippen molar-refractivity contribution in [2.75, 3.05) is 19.8 Å². The van der Waals surface area contributed by atoms with Gasteiger partial charge in [-0.25, -0.2) is 4.79 Å². The van der Waals surface area contributed by atoms with E-state index in [4.69, 9.17) is 5.73 Å². The molecule has 0 spiro atoms. The van der Waals surface area contributed by atoms with E-state index in [1.54, 1.807) is 0 Å².